The molecule has 136 valence electrons. The summed E-state index contributed by atoms with van der Waals surface area (Å²) in [6.07, 6.45) is 1.85. The van der Waals surface area contributed by atoms with E-state index >= 15 is 0 Å². The third-order valence-electron chi connectivity index (χ3n) is 4.37. The van der Waals surface area contributed by atoms with Crippen LogP contribution in [-0.2, 0) is 33.0 Å². The lowest BCUT2D eigenvalue weighted by Gasteiger charge is -2.13. The van der Waals surface area contributed by atoms with Crippen LogP contribution in [0.2, 0.25) is 0 Å². The van der Waals surface area contributed by atoms with Gasteiger partial charge >= 0.3 is 0 Å². The van der Waals surface area contributed by atoms with Crippen molar-refractivity contribution in [1.82, 2.24) is 20.4 Å². The van der Waals surface area contributed by atoms with E-state index in [-0.39, 0.29) is 5.82 Å². The zero-order chi connectivity index (χ0) is 18.4. The minimum Gasteiger partial charge on any atom is -0.352 e. The standard InChI is InChI=1S/C19H28FN5/c1-6-17-15(18(7-2)25(5)24-17)12-23-19(21-4)22-11-14-8-9-16(20)13(3)10-14/h8-10H,6-7,11-12H2,1-5H3,(H2,21,22,23). The van der Waals surface area contributed by atoms with Crippen LogP contribution in [0, 0.1) is 12.7 Å². The molecule has 0 atom stereocenters. The van der Waals surface area contributed by atoms with Crippen LogP contribution in [0.4, 0.5) is 4.39 Å². The Morgan fingerprint density at radius 3 is 2.52 bits per heavy atom. The fraction of sp³-hybridized carbons (Fsp3) is 0.474. The zero-order valence-electron chi connectivity index (χ0n) is 15.8. The molecule has 0 aliphatic heterocycles. The van der Waals surface area contributed by atoms with Crippen molar-refractivity contribution in [3.8, 4) is 0 Å². The summed E-state index contributed by atoms with van der Waals surface area (Å²) in [6.45, 7) is 7.31. The number of guanidine groups is 1. The van der Waals surface area contributed by atoms with Crippen molar-refractivity contribution in [2.45, 2.75) is 46.7 Å². The molecule has 25 heavy (non-hydrogen) atoms. The highest BCUT2D eigenvalue weighted by Gasteiger charge is 2.13. The van der Waals surface area contributed by atoms with Crippen LogP contribution in [0.1, 0.15) is 41.9 Å². The van der Waals surface area contributed by atoms with Gasteiger partial charge in [-0.25, -0.2) is 4.39 Å². The Hall–Kier alpha value is -2.37. The van der Waals surface area contributed by atoms with E-state index in [2.05, 4.69) is 34.6 Å². The van der Waals surface area contributed by atoms with E-state index in [1.165, 1.54) is 17.3 Å². The van der Waals surface area contributed by atoms with E-state index in [0.717, 1.165) is 30.1 Å². The molecule has 0 spiro atoms. The maximum atomic E-state index is 13.4. The van der Waals surface area contributed by atoms with Gasteiger partial charge < -0.3 is 10.6 Å². The van der Waals surface area contributed by atoms with Crippen molar-refractivity contribution in [1.29, 1.82) is 0 Å². The number of aromatic nitrogens is 2. The zero-order valence-corrected chi connectivity index (χ0v) is 15.8. The number of rotatable bonds is 6. The van der Waals surface area contributed by atoms with E-state index in [4.69, 9.17) is 0 Å². The first-order valence-electron chi connectivity index (χ1n) is 8.73. The van der Waals surface area contributed by atoms with Crippen molar-refractivity contribution in [3.05, 3.63) is 52.1 Å². The number of aryl methyl sites for hydroxylation is 3. The molecule has 0 fully saturated rings. The topological polar surface area (TPSA) is 54.2 Å². The Bertz CT molecular complexity index is 749. The summed E-state index contributed by atoms with van der Waals surface area (Å²) in [5, 5.41) is 11.2. The van der Waals surface area contributed by atoms with Gasteiger partial charge in [-0.2, -0.15) is 5.10 Å². The Labute approximate surface area is 149 Å². The maximum absolute atomic E-state index is 13.4. The second-order valence-electron chi connectivity index (χ2n) is 6.07. The normalized spacial score (nSPS) is 11.7. The first kappa shape index (κ1) is 19.0. The third kappa shape index (κ3) is 4.59. The summed E-state index contributed by atoms with van der Waals surface area (Å²) in [7, 11) is 3.74. The van der Waals surface area contributed by atoms with Gasteiger partial charge in [0.15, 0.2) is 5.96 Å². The lowest BCUT2D eigenvalue weighted by molar-refractivity contribution is 0.617. The fourth-order valence-electron chi connectivity index (χ4n) is 2.99. The van der Waals surface area contributed by atoms with Crippen molar-refractivity contribution < 1.29 is 4.39 Å². The Morgan fingerprint density at radius 2 is 1.92 bits per heavy atom. The SMILES string of the molecule is CCc1nn(C)c(CC)c1CNC(=NC)NCc1ccc(F)c(C)c1. The van der Waals surface area contributed by atoms with Gasteiger partial charge in [0.25, 0.3) is 0 Å². The van der Waals surface area contributed by atoms with Gasteiger partial charge in [0.2, 0.25) is 0 Å². The molecule has 0 aliphatic rings. The molecular formula is C19H28FN5. The van der Waals surface area contributed by atoms with Crippen molar-refractivity contribution in [2.75, 3.05) is 7.05 Å². The summed E-state index contributed by atoms with van der Waals surface area (Å²) in [4.78, 5) is 4.27. The van der Waals surface area contributed by atoms with Gasteiger partial charge in [-0.3, -0.25) is 9.67 Å². The fourth-order valence-corrected chi connectivity index (χ4v) is 2.99. The van der Waals surface area contributed by atoms with Crippen LogP contribution in [0.15, 0.2) is 23.2 Å². The highest BCUT2D eigenvalue weighted by atomic mass is 19.1. The molecule has 0 unspecified atom stereocenters. The van der Waals surface area contributed by atoms with Gasteiger partial charge in [0.05, 0.1) is 5.69 Å². The smallest absolute Gasteiger partial charge is 0.191 e. The average Bonchev–Trinajstić information content (AvgIpc) is 2.92. The van der Waals surface area contributed by atoms with Gasteiger partial charge in [-0.05, 0) is 37.0 Å². The lowest BCUT2D eigenvalue weighted by atomic mass is 10.1. The van der Waals surface area contributed by atoms with Crippen LogP contribution >= 0.6 is 0 Å². The van der Waals surface area contributed by atoms with Gasteiger partial charge in [0.1, 0.15) is 5.82 Å². The quantitative estimate of drug-likeness (QED) is 0.625. The summed E-state index contributed by atoms with van der Waals surface area (Å²) >= 11 is 0. The highest BCUT2D eigenvalue weighted by molar-refractivity contribution is 5.79. The van der Waals surface area contributed by atoms with Crippen LogP contribution in [-0.4, -0.2) is 22.8 Å². The minimum atomic E-state index is -0.179. The second kappa shape index (κ2) is 8.65. The maximum Gasteiger partial charge on any atom is 0.191 e. The molecule has 2 aromatic rings. The summed E-state index contributed by atoms with van der Waals surface area (Å²) < 4.78 is 15.3. The van der Waals surface area contributed by atoms with E-state index < -0.39 is 0 Å². The van der Waals surface area contributed by atoms with E-state index in [1.807, 2.05) is 17.8 Å². The molecule has 0 saturated heterocycles. The number of aliphatic imine (C=N–C) groups is 1. The summed E-state index contributed by atoms with van der Waals surface area (Å²) in [5.74, 6) is 0.539. The monoisotopic (exact) mass is 345 g/mol. The van der Waals surface area contributed by atoms with Gasteiger partial charge in [-0.15, -0.1) is 0 Å². The van der Waals surface area contributed by atoms with Crippen LogP contribution in [0.5, 0.6) is 0 Å². The first-order chi connectivity index (χ1) is 12.0. The van der Waals surface area contributed by atoms with Gasteiger partial charge in [-0.1, -0.05) is 26.0 Å². The number of nitrogens with zero attached hydrogens (tertiary/aromatic N) is 3. The average molecular weight is 345 g/mol. The molecule has 5 nitrogen and oxygen atoms in total. The van der Waals surface area contributed by atoms with Crippen LogP contribution < -0.4 is 10.6 Å². The predicted octanol–water partition coefficient (Wildman–Crippen LogP) is 2.86. The highest BCUT2D eigenvalue weighted by Crippen LogP contribution is 2.15. The molecule has 1 aromatic heterocycles. The molecule has 1 heterocycles. The van der Waals surface area contributed by atoms with Crippen molar-refractivity contribution >= 4 is 5.96 Å². The van der Waals surface area contributed by atoms with Crippen LogP contribution in [0.3, 0.4) is 0 Å². The summed E-state index contributed by atoms with van der Waals surface area (Å²) in [5.41, 5.74) is 5.28. The summed E-state index contributed by atoms with van der Waals surface area (Å²) in [6, 6.07) is 5.13. The Balaban J connectivity index is 2.00. The number of nitrogens with one attached hydrogen (secondary N) is 2. The van der Waals surface area contributed by atoms with E-state index in [1.54, 1.807) is 20.0 Å². The molecule has 2 rings (SSSR count). The molecule has 2 N–H and O–H groups in total. The third-order valence-corrected chi connectivity index (χ3v) is 4.37. The number of hydrogen-bond acceptors (Lipinski definition) is 2. The number of hydrogen-bond donors (Lipinski definition) is 2. The van der Waals surface area contributed by atoms with Crippen LogP contribution in [0.25, 0.3) is 0 Å². The molecule has 0 saturated carbocycles. The first-order valence-corrected chi connectivity index (χ1v) is 8.73. The predicted molar refractivity (Wildman–Crippen MR) is 100 cm³/mol. The molecule has 6 heteroatoms. The Kier molecular flexibility index (Phi) is 6.56. The lowest BCUT2D eigenvalue weighted by Crippen LogP contribution is -2.36. The van der Waals surface area contributed by atoms with E-state index in [0.29, 0.717) is 18.7 Å². The van der Waals surface area contributed by atoms with Gasteiger partial charge in [0, 0.05) is 38.4 Å². The van der Waals surface area contributed by atoms with Crippen molar-refractivity contribution in [3.63, 3.8) is 0 Å². The van der Waals surface area contributed by atoms with Crippen molar-refractivity contribution in [2.24, 2.45) is 12.0 Å². The Morgan fingerprint density at radius 1 is 1.20 bits per heavy atom. The molecular weight excluding hydrogens is 317 g/mol. The number of halogens is 1. The molecule has 1 aromatic carbocycles. The largest absolute Gasteiger partial charge is 0.352 e. The molecule has 0 bridgehead atoms. The molecule has 0 amide bonds. The number of benzene rings is 1. The second-order valence-corrected chi connectivity index (χ2v) is 6.07. The van der Waals surface area contributed by atoms with E-state index in [9.17, 15) is 4.39 Å². The molecule has 0 aliphatic carbocycles. The minimum absolute atomic E-state index is 0.179. The molecule has 0 radical (unpaired) electrons.